The highest BCUT2D eigenvalue weighted by Crippen LogP contribution is 2.35. The molecule has 0 spiro atoms. The molecule has 54 heavy (non-hydrogen) atoms. The van der Waals surface area contributed by atoms with Gasteiger partial charge < -0.3 is 40.6 Å². The summed E-state index contributed by atoms with van der Waals surface area (Å²) in [6.45, 7) is 1.50. The third kappa shape index (κ3) is 10.6. The number of carbonyl (C=O) groups excluding carboxylic acids is 5. The molecule has 0 unspecified atom stereocenters. The van der Waals surface area contributed by atoms with E-state index in [2.05, 4.69) is 21.3 Å². The second-order valence-corrected chi connectivity index (χ2v) is 12.8. The SMILES string of the molecule is CC[C@@H](CCCCNC(=O)CCNC(=O)[C@H](CNC(=O)c1cc2c(c(C(F)(F)F)c1)COB2O)NC(=O)c1cc2c(c(C(F)(F)F)c1)COB2O)C(C)=O. The van der Waals surface area contributed by atoms with Gasteiger partial charge in [-0.3, -0.25) is 24.0 Å². The molecule has 0 fully saturated rings. The van der Waals surface area contributed by atoms with E-state index < -0.39 is 104 Å². The van der Waals surface area contributed by atoms with Gasteiger partial charge in [0.2, 0.25) is 11.8 Å². The van der Waals surface area contributed by atoms with Gasteiger partial charge in [0.1, 0.15) is 11.8 Å². The van der Waals surface area contributed by atoms with Crippen LogP contribution in [0.15, 0.2) is 24.3 Å². The fourth-order valence-electron chi connectivity index (χ4n) is 6.12. The van der Waals surface area contributed by atoms with E-state index in [9.17, 15) is 60.4 Å². The average molecular weight is 770 g/mol. The van der Waals surface area contributed by atoms with Gasteiger partial charge in [-0.15, -0.1) is 0 Å². The van der Waals surface area contributed by atoms with Crippen LogP contribution < -0.4 is 32.2 Å². The second-order valence-electron chi connectivity index (χ2n) is 12.8. The van der Waals surface area contributed by atoms with Crippen LogP contribution in [0.2, 0.25) is 0 Å². The number of hydrogen-bond acceptors (Lipinski definition) is 9. The first-order valence-electron chi connectivity index (χ1n) is 17.0. The average Bonchev–Trinajstić information content (AvgIpc) is 3.67. The Bertz CT molecular complexity index is 1760. The van der Waals surface area contributed by atoms with E-state index in [1.165, 1.54) is 6.92 Å². The van der Waals surface area contributed by atoms with Crippen LogP contribution in [-0.2, 0) is 49.3 Å². The summed E-state index contributed by atoms with van der Waals surface area (Å²) in [4.78, 5) is 63.6. The number of benzene rings is 2. The lowest BCUT2D eigenvalue weighted by atomic mass is 9.77. The quantitative estimate of drug-likeness (QED) is 0.0825. The van der Waals surface area contributed by atoms with Crippen molar-refractivity contribution in [1.82, 2.24) is 21.3 Å². The third-order valence-electron chi connectivity index (χ3n) is 9.12. The highest BCUT2D eigenvalue weighted by atomic mass is 19.4. The normalized spacial score (nSPS) is 14.9. The van der Waals surface area contributed by atoms with E-state index in [-0.39, 0.29) is 41.2 Å². The number of hydrogen-bond donors (Lipinski definition) is 6. The summed E-state index contributed by atoms with van der Waals surface area (Å²) in [5, 5.41) is 29.5. The van der Waals surface area contributed by atoms with Gasteiger partial charge in [0.25, 0.3) is 11.8 Å². The molecule has 2 aliphatic heterocycles. The van der Waals surface area contributed by atoms with Gasteiger partial charge in [-0.05, 0) is 72.5 Å². The molecule has 0 aromatic heterocycles. The molecule has 2 aromatic rings. The van der Waals surface area contributed by atoms with Gasteiger partial charge in [-0.2, -0.15) is 26.3 Å². The molecule has 0 bridgehead atoms. The minimum Gasteiger partial charge on any atom is -0.423 e. The molecule has 6 N–H and O–H groups in total. The maximum Gasteiger partial charge on any atom is 0.491 e. The Kier molecular flexibility index (Phi) is 13.9. The molecule has 0 saturated carbocycles. The summed E-state index contributed by atoms with van der Waals surface area (Å²) in [5.41, 5.74) is -5.13. The fourth-order valence-corrected chi connectivity index (χ4v) is 6.12. The van der Waals surface area contributed by atoms with Crippen molar-refractivity contribution in [3.8, 4) is 0 Å². The third-order valence-corrected chi connectivity index (χ3v) is 9.12. The predicted octanol–water partition coefficient (Wildman–Crippen LogP) is 1.10. The van der Waals surface area contributed by atoms with Crippen LogP contribution in [0.4, 0.5) is 26.3 Å². The van der Waals surface area contributed by atoms with Crippen LogP contribution in [0.3, 0.4) is 0 Å². The predicted molar refractivity (Wildman–Crippen MR) is 180 cm³/mol. The second kappa shape index (κ2) is 17.8. The maximum atomic E-state index is 13.9. The van der Waals surface area contributed by atoms with Crippen LogP contribution in [-0.4, -0.2) is 79.4 Å². The molecule has 0 radical (unpaired) electrons. The van der Waals surface area contributed by atoms with E-state index >= 15 is 0 Å². The van der Waals surface area contributed by atoms with Gasteiger partial charge in [-0.1, -0.05) is 13.3 Å². The van der Waals surface area contributed by atoms with Gasteiger partial charge in [0, 0.05) is 43.1 Å². The van der Waals surface area contributed by atoms with Crippen molar-refractivity contribution in [3.05, 3.63) is 57.6 Å². The topological polar surface area (TPSA) is 192 Å². The van der Waals surface area contributed by atoms with Crippen LogP contribution in [0.1, 0.15) is 88.9 Å². The Morgan fingerprint density at radius 2 is 1.31 bits per heavy atom. The summed E-state index contributed by atoms with van der Waals surface area (Å²) in [6, 6.07) is 1.17. The molecule has 4 amide bonds. The maximum absolute atomic E-state index is 13.9. The van der Waals surface area contributed by atoms with Crippen LogP contribution in [0.5, 0.6) is 0 Å². The number of nitrogens with one attached hydrogen (secondary N) is 4. The Morgan fingerprint density at radius 1 is 0.778 bits per heavy atom. The van der Waals surface area contributed by atoms with Crippen molar-refractivity contribution >= 4 is 54.6 Å². The molecular formula is C33H38B2F6N4O9. The number of Topliss-reactive ketones (excluding diaryl/α,β-unsaturated/α-hetero) is 1. The molecule has 0 saturated heterocycles. The van der Waals surface area contributed by atoms with E-state index in [1.807, 2.05) is 6.92 Å². The highest BCUT2D eigenvalue weighted by molar-refractivity contribution is 6.62. The first-order valence-corrected chi connectivity index (χ1v) is 17.0. The van der Waals surface area contributed by atoms with Gasteiger partial charge in [0.05, 0.1) is 24.3 Å². The Morgan fingerprint density at radius 3 is 1.81 bits per heavy atom. The molecule has 13 nitrogen and oxygen atoms in total. The zero-order valence-corrected chi connectivity index (χ0v) is 29.2. The summed E-state index contributed by atoms with van der Waals surface area (Å²) >= 11 is 0. The zero-order chi connectivity index (χ0) is 40.0. The summed E-state index contributed by atoms with van der Waals surface area (Å²) in [7, 11) is -3.52. The monoisotopic (exact) mass is 770 g/mol. The number of fused-ring (bicyclic) bond motifs is 2. The smallest absolute Gasteiger partial charge is 0.423 e. The number of ketones is 1. The van der Waals surface area contributed by atoms with Crippen molar-refractivity contribution in [1.29, 1.82) is 0 Å². The highest BCUT2D eigenvalue weighted by Gasteiger charge is 2.42. The van der Waals surface area contributed by atoms with Crippen molar-refractivity contribution in [2.24, 2.45) is 5.92 Å². The molecule has 2 atom stereocenters. The van der Waals surface area contributed by atoms with Crippen LogP contribution in [0, 0.1) is 5.92 Å². The summed E-state index contributed by atoms with van der Waals surface area (Å²) in [5.74, 6) is -3.85. The molecule has 21 heteroatoms. The molecule has 0 aliphatic carbocycles. The number of alkyl halides is 6. The Hall–Kier alpha value is -4.46. The minimum absolute atomic E-state index is 0.0580. The van der Waals surface area contributed by atoms with Crippen molar-refractivity contribution in [3.63, 3.8) is 0 Å². The molecule has 292 valence electrons. The van der Waals surface area contributed by atoms with Crippen molar-refractivity contribution in [2.75, 3.05) is 19.6 Å². The van der Waals surface area contributed by atoms with E-state index in [0.717, 1.165) is 12.1 Å². The summed E-state index contributed by atoms with van der Waals surface area (Å²) < 4.78 is 92.7. The number of rotatable bonds is 16. The lowest BCUT2D eigenvalue weighted by Crippen LogP contribution is -2.53. The number of amides is 4. The first kappa shape index (κ1) is 42.3. The van der Waals surface area contributed by atoms with Gasteiger partial charge in [-0.25, -0.2) is 0 Å². The lowest BCUT2D eigenvalue weighted by molar-refractivity contribution is -0.139. The molecule has 2 heterocycles. The fraction of sp³-hybridized carbons (Fsp3) is 0.485. The van der Waals surface area contributed by atoms with Crippen LogP contribution in [0.25, 0.3) is 0 Å². The molecular weight excluding hydrogens is 732 g/mol. The summed E-state index contributed by atoms with van der Waals surface area (Å²) in [6.07, 6.45) is -7.47. The largest absolute Gasteiger partial charge is 0.491 e. The van der Waals surface area contributed by atoms with E-state index in [4.69, 9.17) is 9.31 Å². The molecule has 4 rings (SSSR count). The lowest BCUT2D eigenvalue weighted by Gasteiger charge is -2.21. The first-order chi connectivity index (χ1) is 25.3. The van der Waals surface area contributed by atoms with Crippen molar-refractivity contribution < 1.29 is 69.7 Å². The van der Waals surface area contributed by atoms with Gasteiger partial charge in [0.15, 0.2) is 0 Å². The molecule has 2 aliphatic rings. The van der Waals surface area contributed by atoms with Gasteiger partial charge >= 0.3 is 26.6 Å². The van der Waals surface area contributed by atoms with Crippen LogP contribution >= 0.6 is 0 Å². The number of halogens is 6. The van der Waals surface area contributed by atoms with E-state index in [0.29, 0.717) is 44.4 Å². The Balaban J connectivity index is 1.47. The zero-order valence-electron chi connectivity index (χ0n) is 29.2. The minimum atomic E-state index is -4.96. The standard InChI is InChI=1S/C33H38B2F6N4O9/c1-3-18(17(2)46)6-4-5-8-42-28(47)7-9-43-31(50)27(45-30(49)20-11-24(33(39,40)41)22-16-54-35(52)26(22)13-20)14-44-29(48)19-10-23(32(36,37)38)21-15-53-34(51)25(21)12-19/h10-13,18,27,51-52H,3-9,14-16H2,1-2H3,(H,42,47)(H,43,50)(H,44,48)(H,45,49)/t18-,27-/m0/s1. The number of carbonyl (C=O) groups is 5. The number of unbranched alkanes of at least 4 members (excludes halogenated alkanes) is 1. The van der Waals surface area contributed by atoms with E-state index in [1.54, 1.807) is 0 Å². The Labute approximate surface area is 306 Å². The van der Waals surface area contributed by atoms with Crippen molar-refractivity contribution in [2.45, 2.75) is 77.6 Å². The molecule has 2 aromatic carbocycles.